The minimum atomic E-state index is -0.00572. The molecular formula is C13H26N2O. The molecule has 0 aliphatic carbocycles. The van der Waals surface area contributed by atoms with Gasteiger partial charge in [0.2, 0.25) is 5.91 Å². The van der Waals surface area contributed by atoms with Gasteiger partial charge in [0, 0.05) is 24.5 Å². The Kier molecular flexibility index (Phi) is 4.78. The second-order valence-electron chi connectivity index (χ2n) is 5.54. The Morgan fingerprint density at radius 1 is 1.31 bits per heavy atom. The molecule has 0 saturated carbocycles. The number of hydrogen-bond donors (Lipinski definition) is 1. The Morgan fingerprint density at radius 3 is 2.25 bits per heavy atom. The van der Waals surface area contributed by atoms with Crippen LogP contribution in [0.1, 0.15) is 53.4 Å². The molecule has 3 atom stereocenters. The van der Waals surface area contributed by atoms with Crippen LogP contribution in [0.15, 0.2) is 0 Å². The van der Waals surface area contributed by atoms with Crippen LogP contribution in [0, 0.1) is 5.92 Å². The van der Waals surface area contributed by atoms with E-state index in [1.807, 2.05) is 4.90 Å². The molecule has 0 bridgehead atoms. The smallest absolute Gasteiger partial charge is 0.224 e. The van der Waals surface area contributed by atoms with Crippen molar-refractivity contribution < 1.29 is 4.79 Å². The predicted molar refractivity (Wildman–Crippen MR) is 67.1 cm³/mol. The fourth-order valence-electron chi connectivity index (χ4n) is 2.46. The summed E-state index contributed by atoms with van der Waals surface area (Å²) in [5.74, 6) is 0.611. The lowest BCUT2D eigenvalue weighted by atomic mass is 9.95. The molecule has 1 saturated heterocycles. The summed E-state index contributed by atoms with van der Waals surface area (Å²) in [4.78, 5) is 14.2. The summed E-state index contributed by atoms with van der Waals surface area (Å²) in [6.45, 7) is 8.44. The predicted octanol–water partition coefficient (Wildman–Crippen LogP) is 2.15. The average Bonchev–Trinajstić information content (AvgIpc) is 2.16. The van der Waals surface area contributed by atoms with Gasteiger partial charge in [0.05, 0.1) is 0 Å². The van der Waals surface area contributed by atoms with Crippen molar-refractivity contribution in [3.05, 3.63) is 0 Å². The molecule has 3 heteroatoms. The highest BCUT2D eigenvalue weighted by Gasteiger charge is 2.29. The third-order valence-corrected chi connectivity index (χ3v) is 3.75. The molecule has 1 amide bonds. The largest absolute Gasteiger partial charge is 0.337 e. The van der Waals surface area contributed by atoms with Gasteiger partial charge >= 0.3 is 0 Å². The summed E-state index contributed by atoms with van der Waals surface area (Å²) in [7, 11) is 0. The van der Waals surface area contributed by atoms with Gasteiger partial charge in [-0.25, -0.2) is 0 Å². The summed E-state index contributed by atoms with van der Waals surface area (Å²) in [5.41, 5.74) is 5.97. The van der Waals surface area contributed by atoms with Gasteiger partial charge in [-0.1, -0.05) is 13.8 Å². The zero-order chi connectivity index (χ0) is 12.3. The highest BCUT2D eigenvalue weighted by molar-refractivity contribution is 5.77. The molecule has 0 radical (unpaired) electrons. The Morgan fingerprint density at radius 2 is 1.81 bits per heavy atom. The molecule has 1 fully saturated rings. The van der Waals surface area contributed by atoms with Crippen molar-refractivity contribution in [3.8, 4) is 0 Å². The first-order valence-corrected chi connectivity index (χ1v) is 6.50. The molecule has 3 nitrogen and oxygen atoms in total. The van der Waals surface area contributed by atoms with Crippen molar-refractivity contribution in [1.29, 1.82) is 0 Å². The highest BCUT2D eigenvalue weighted by atomic mass is 16.2. The van der Waals surface area contributed by atoms with Crippen LogP contribution >= 0.6 is 0 Å². The molecule has 1 rings (SSSR count). The van der Waals surface area contributed by atoms with Gasteiger partial charge in [0.25, 0.3) is 0 Å². The van der Waals surface area contributed by atoms with E-state index in [0.717, 1.165) is 12.8 Å². The lowest BCUT2D eigenvalue weighted by Gasteiger charge is -2.39. The fourth-order valence-corrected chi connectivity index (χ4v) is 2.46. The number of carbonyl (C=O) groups is 1. The maximum Gasteiger partial charge on any atom is 0.224 e. The van der Waals surface area contributed by atoms with Crippen molar-refractivity contribution in [2.75, 3.05) is 0 Å². The maximum absolute atomic E-state index is 12.2. The molecule has 1 heterocycles. The van der Waals surface area contributed by atoms with Crippen LogP contribution in [-0.2, 0) is 4.79 Å². The number of hydrogen-bond acceptors (Lipinski definition) is 2. The Labute approximate surface area is 99.4 Å². The standard InChI is InChI=1S/C13H26N2O/c1-9(2)12(14)8-13(16)15-10(3)6-5-7-11(15)4/h9-12H,5-8,14H2,1-4H3. The normalized spacial score (nSPS) is 28.2. The lowest BCUT2D eigenvalue weighted by molar-refractivity contribution is -0.137. The number of likely N-dealkylation sites (tertiary alicyclic amines) is 1. The quantitative estimate of drug-likeness (QED) is 0.801. The third kappa shape index (κ3) is 3.21. The molecule has 1 aliphatic heterocycles. The van der Waals surface area contributed by atoms with Gasteiger partial charge < -0.3 is 10.6 Å². The Hall–Kier alpha value is -0.570. The molecule has 1 aliphatic rings. The zero-order valence-corrected chi connectivity index (χ0v) is 11.1. The Bertz CT molecular complexity index is 230. The minimum absolute atomic E-state index is 0.00572. The number of nitrogens with zero attached hydrogens (tertiary/aromatic N) is 1. The van der Waals surface area contributed by atoms with Gasteiger partial charge in [-0.2, -0.15) is 0 Å². The number of piperidine rings is 1. The Balaban J connectivity index is 2.57. The second kappa shape index (κ2) is 5.67. The first kappa shape index (κ1) is 13.5. The van der Waals surface area contributed by atoms with E-state index in [-0.39, 0.29) is 11.9 Å². The van der Waals surface area contributed by atoms with Crippen LogP contribution in [0.25, 0.3) is 0 Å². The van der Waals surface area contributed by atoms with Gasteiger partial charge in [0.1, 0.15) is 0 Å². The molecule has 0 spiro atoms. The number of rotatable bonds is 3. The molecule has 0 aromatic rings. The molecule has 0 aromatic carbocycles. The van der Waals surface area contributed by atoms with E-state index in [1.54, 1.807) is 0 Å². The number of amides is 1. The van der Waals surface area contributed by atoms with Gasteiger partial charge in [-0.3, -0.25) is 4.79 Å². The summed E-state index contributed by atoms with van der Waals surface area (Å²) in [5, 5.41) is 0. The van der Waals surface area contributed by atoms with Gasteiger partial charge in [-0.05, 0) is 39.0 Å². The van der Waals surface area contributed by atoms with Crippen LogP contribution in [0.4, 0.5) is 0 Å². The van der Waals surface area contributed by atoms with Crippen molar-refractivity contribution in [3.63, 3.8) is 0 Å². The van der Waals surface area contributed by atoms with Crippen molar-refractivity contribution in [2.24, 2.45) is 11.7 Å². The van der Waals surface area contributed by atoms with E-state index in [2.05, 4.69) is 27.7 Å². The van der Waals surface area contributed by atoms with Gasteiger partial charge in [0.15, 0.2) is 0 Å². The summed E-state index contributed by atoms with van der Waals surface area (Å²) in [6, 6.07) is 0.764. The summed E-state index contributed by atoms with van der Waals surface area (Å²) >= 11 is 0. The maximum atomic E-state index is 12.2. The minimum Gasteiger partial charge on any atom is -0.337 e. The van der Waals surface area contributed by atoms with Crippen LogP contribution in [0.5, 0.6) is 0 Å². The first-order valence-electron chi connectivity index (χ1n) is 6.50. The van der Waals surface area contributed by atoms with Crippen LogP contribution < -0.4 is 5.73 Å². The van der Waals surface area contributed by atoms with Crippen molar-refractivity contribution >= 4 is 5.91 Å². The topological polar surface area (TPSA) is 46.3 Å². The van der Waals surface area contributed by atoms with E-state index < -0.39 is 0 Å². The first-order chi connectivity index (χ1) is 7.43. The summed E-state index contributed by atoms with van der Waals surface area (Å²) in [6.07, 6.45) is 3.99. The van der Waals surface area contributed by atoms with Crippen molar-refractivity contribution in [2.45, 2.75) is 71.5 Å². The van der Waals surface area contributed by atoms with E-state index in [9.17, 15) is 4.79 Å². The zero-order valence-electron chi connectivity index (χ0n) is 11.1. The number of carbonyl (C=O) groups excluding carboxylic acids is 1. The molecule has 16 heavy (non-hydrogen) atoms. The molecule has 2 N–H and O–H groups in total. The average molecular weight is 226 g/mol. The second-order valence-corrected chi connectivity index (χ2v) is 5.54. The van der Waals surface area contributed by atoms with E-state index >= 15 is 0 Å². The molecule has 0 aromatic heterocycles. The number of nitrogens with two attached hydrogens (primary N) is 1. The van der Waals surface area contributed by atoms with Crippen LogP contribution in [0.2, 0.25) is 0 Å². The molecular weight excluding hydrogens is 200 g/mol. The van der Waals surface area contributed by atoms with E-state index in [1.165, 1.54) is 6.42 Å². The van der Waals surface area contributed by atoms with Crippen LogP contribution in [0.3, 0.4) is 0 Å². The highest BCUT2D eigenvalue weighted by Crippen LogP contribution is 2.23. The monoisotopic (exact) mass is 226 g/mol. The van der Waals surface area contributed by atoms with E-state index in [4.69, 9.17) is 5.73 Å². The SMILES string of the molecule is CC(C)C(N)CC(=O)N1C(C)CCCC1C. The lowest BCUT2D eigenvalue weighted by Crippen LogP contribution is -2.49. The van der Waals surface area contributed by atoms with Crippen molar-refractivity contribution in [1.82, 2.24) is 4.90 Å². The van der Waals surface area contributed by atoms with Gasteiger partial charge in [-0.15, -0.1) is 0 Å². The molecule has 94 valence electrons. The fraction of sp³-hybridized carbons (Fsp3) is 0.923. The molecule has 3 unspecified atom stereocenters. The van der Waals surface area contributed by atoms with Crippen LogP contribution in [-0.4, -0.2) is 28.9 Å². The van der Waals surface area contributed by atoms with E-state index in [0.29, 0.717) is 24.4 Å². The summed E-state index contributed by atoms with van der Waals surface area (Å²) < 4.78 is 0. The third-order valence-electron chi connectivity index (χ3n) is 3.75.